The number of anilines is 2. The van der Waals surface area contributed by atoms with Gasteiger partial charge in [-0.05, 0) is 31.9 Å². The van der Waals surface area contributed by atoms with E-state index in [4.69, 9.17) is 9.47 Å². The highest BCUT2D eigenvalue weighted by molar-refractivity contribution is 7.14. The number of nitrogens with zero attached hydrogens (tertiary/aromatic N) is 2. The molecule has 1 saturated heterocycles. The third-order valence-corrected chi connectivity index (χ3v) is 4.56. The van der Waals surface area contributed by atoms with Gasteiger partial charge in [0.15, 0.2) is 5.13 Å². The number of aryl methyl sites for hydroxylation is 1. The zero-order valence-corrected chi connectivity index (χ0v) is 13.9. The standard InChI is InChI=1S/C17H20N2O3S/c1-13-12-23-17(18-13)19(14-6-3-2-4-7-14)16(20)11-21-10-15-8-5-9-22-15/h2-4,6-7,12,15H,5,8-11H2,1H3. The second-order valence-electron chi connectivity index (χ2n) is 5.49. The van der Waals surface area contributed by atoms with Crippen LogP contribution in [0.1, 0.15) is 18.5 Å². The van der Waals surface area contributed by atoms with Gasteiger partial charge in [0.25, 0.3) is 5.91 Å². The van der Waals surface area contributed by atoms with Crippen molar-refractivity contribution in [1.29, 1.82) is 0 Å². The number of hydrogen-bond acceptors (Lipinski definition) is 5. The molecule has 6 heteroatoms. The fraction of sp³-hybridized carbons (Fsp3) is 0.412. The number of benzene rings is 1. The van der Waals surface area contributed by atoms with E-state index in [0.29, 0.717) is 11.7 Å². The number of aromatic nitrogens is 1. The summed E-state index contributed by atoms with van der Waals surface area (Å²) in [7, 11) is 0. The minimum atomic E-state index is -0.122. The minimum Gasteiger partial charge on any atom is -0.376 e. The van der Waals surface area contributed by atoms with Crippen LogP contribution in [-0.2, 0) is 14.3 Å². The van der Waals surface area contributed by atoms with Gasteiger partial charge in [-0.15, -0.1) is 11.3 Å². The third kappa shape index (κ3) is 4.16. The van der Waals surface area contributed by atoms with Crippen LogP contribution in [0.15, 0.2) is 35.7 Å². The molecule has 1 aliphatic rings. The lowest BCUT2D eigenvalue weighted by Crippen LogP contribution is -2.31. The molecule has 23 heavy (non-hydrogen) atoms. The van der Waals surface area contributed by atoms with Crippen LogP contribution in [0.3, 0.4) is 0 Å². The van der Waals surface area contributed by atoms with Gasteiger partial charge >= 0.3 is 0 Å². The Bertz CT molecular complexity index is 638. The second kappa shape index (κ2) is 7.68. The molecule has 0 radical (unpaired) electrons. The molecule has 122 valence electrons. The SMILES string of the molecule is Cc1csc(N(C(=O)COCC2CCCO2)c2ccccc2)n1. The van der Waals surface area contributed by atoms with E-state index < -0.39 is 0 Å². The zero-order chi connectivity index (χ0) is 16.1. The van der Waals surface area contributed by atoms with Gasteiger partial charge in [-0.2, -0.15) is 0 Å². The molecule has 1 fully saturated rings. The average Bonchev–Trinajstić information content (AvgIpc) is 3.21. The molecule has 1 aromatic heterocycles. The van der Waals surface area contributed by atoms with Crippen LogP contribution in [0.4, 0.5) is 10.8 Å². The second-order valence-corrected chi connectivity index (χ2v) is 6.32. The summed E-state index contributed by atoms with van der Waals surface area (Å²) in [5, 5.41) is 2.60. The van der Waals surface area contributed by atoms with Crippen LogP contribution in [-0.4, -0.2) is 36.8 Å². The van der Waals surface area contributed by atoms with E-state index in [1.165, 1.54) is 11.3 Å². The number of carbonyl (C=O) groups excluding carboxylic acids is 1. The van der Waals surface area contributed by atoms with Crippen molar-refractivity contribution in [3.8, 4) is 0 Å². The molecular formula is C17H20N2O3S. The van der Waals surface area contributed by atoms with Crippen molar-refractivity contribution in [3.63, 3.8) is 0 Å². The average molecular weight is 332 g/mol. The Morgan fingerprint density at radius 3 is 2.91 bits per heavy atom. The van der Waals surface area contributed by atoms with Crippen LogP contribution in [0, 0.1) is 6.92 Å². The number of rotatable bonds is 6. The van der Waals surface area contributed by atoms with E-state index in [-0.39, 0.29) is 18.6 Å². The predicted octanol–water partition coefficient (Wildman–Crippen LogP) is 3.31. The lowest BCUT2D eigenvalue weighted by atomic mass is 10.2. The normalized spacial score (nSPS) is 17.3. The number of ether oxygens (including phenoxy) is 2. The van der Waals surface area contributed by atoms with Crippen molar-refractivity contribution >= 4 is 28.1 Å². The molecule has 0 bridgehead atoms. The number of carbonyl (C=O) groups is 1. The summed E-state index contributed by atoms with van der Waals surface area (Å²) in [6.07, 6.45) is 2.19. The Balaban J connectivity index is 1.68. The molecule has 2 aromatic rings. The predicted molar refractivity (Wildman–Crippen MR) is 90.2 cm³/mol. The smallest absolute Gasteiger partial charge is 0.259 e. The summed E-state index contributed by atoms with van der Waals surface area (Å²) in [6, 6.07) is 9.53. The number of hydrogen-bond donors (Lipinski definition) is 0. The summed E-state index contributed by atoms with van der Waals surface area (Å²) >= 11 is 1.45. The Labute approximate surface area is 139 Å². The molecule has 0 saturated carbocycles. The van der Waals surface area contributed by atoms with Crippen molar-refractivity contribution in [2.24, 2.45) is 0 Å². The third-order valence-electron chi connectivity index (χ3n) is 3.62. The van der Waals surface area contributed by atoms with Gasteiger partial charge in [0.2, 0.25) is 0 Å². The number of para-hydroxylation sites is 1. The molecule has 1 amide bonds. The van der Waals surface area contributed by atoms with Crippen molar-refractivity contribution in [3.05, 3.63) is 41.4 Å². The summed E-state index contributed by atoms with van der Waals surface area (Å²) in [6.45, 7) is 3.19. The largest absolute Gasteiger partial charge is 0.376 e. The fourth-order valence-corrected chi connectivity index (χ4v) is 3.34. The van der Waals surface area contributed by atoms with Gasteiger partial charge in [-0.1, -0.05) is 18.2 Å². The van der Waals surface area contributed by atoms with E-state index >= 15 is 0 Å². The lowest BCUT2D eigenvalue weighted by Gasteiger charge is -2.20. The maximum Gasteiger partial charge on any atom is 0.259 e. The molecule has 0 N–H and O–H groups in total. The van der Waals surface area contributed by atoms with Crippen LogP contribution in [0.5, 0.6) is 0 Å². The van der Waals surface area contributed by atoms with Crippen LogP contribution >= 0.6 is 11.3 Å². The first-order chi connectivity index (χ1) is 11.2. The summed E-state index contributed by atoms with van der Waals surface area (Å²) in [5.41, 5.74) is 1.70. The highest BCUT2D eigenvalue weighted by Gasteiger charge is 2.22. The number of thiazole rings is 1. The van der Waals surface area contributed by atoms with E-state index in [1.54, 1.807) is 4.90 Å². The van der Waals surface area contributed by atoms with E-state index in [1.807, 2.05) is 42.6 Å². The Hall–Kier alpha value is -1.76. The van der Waals surface area contributed by atoms with Gasteiger partial charge in [0, 0.05) is 12.0 Å². The highest BCUT2D eigenvalue weighted by Crippen LogP contribution is 2.28. The van der Waals surface area contributed by atoms with E-state index in [9.17, 15) is 4.79 Å². The molecule has 1 aromatic carbocycles. The van der Waals surface area contributed by atoms with Gasteiger partial charge in [-0.3, -0.25) is 9.69 Å². The molecule has 1 atom stereocenters. The Morgan fingerprint density at radius 1 is 1.43 bits per heavy atom. The molecule has 1 aliphatic heterocycles. The first-order valence-electron chi connectivity index (χ1n) is 7.73. The van der Waals surface area contributed by atoms with Gasteiger partial charge < -0.3 is 9.47 Å². The highest BCUT2D eigenvalue weighted by atomic mass is 32.1. The van der Waals surface area contributed by atoms with Crippen LogP contribution in [0.2, 0.25) is 0 Å². The monoisotopic (exact) mass is 332 g/mol. The summed E-state index contributed by atoms with van der Waals surface area (Å²) < 4.78 is 11.1. The fourth-order valence-electron chi connectivity index (χ4n) is 2.50. The Morgan fingerprint density at radius 2 is 2.26 bits per heavy atom. The van der Waals surface area contributed by atoms with Crippen LogP contribution in [0.25, 0.3) is 0 Å². The lowest BCUT2D eigenvalue weighted by molar-refractivity contribution is -0.123. The zero-order valence-electron chi connectivity index (χ0n) is 13.1. The first kappa shape index (κ1) is 16.1. The maximum atomic E-state index is 12.7. The van der Waals surface area contributed by atoms with E-state index in [2.05, 4.69) is 4.98 Å². The minimum absolute atomic E-state index is 0.0212. The molecule has 2 heterocycles. The van der Waals surface area contributed by atoms with Crippen molar-refractivity contribution in [1.82, 2.24) is 4.98 Å². The van der Waals surface area contributed by atoms with Crippen molar-refractivity contribution < 1.29 is 14.3 Å². The molecular weight excluding hydrogens is 312 g/mol. The van der Waals surface area contributed by atoms with Gasteiger partial charge in [-0.25, -0.2) is 4.98 Å². The first-order valence-corrected chi connectivity index (χ1v) is 8.61. The van der Waals surface area contributed by atoms with Gasteiger partial charge in [0.1, 0.15) is 6.61 Å². The molecule has 0 aliphatic carbocycles. The Kier molecular flexibility index (Phi) is 5.38. The van der Waals surface area contributed by atoms with Crippen LogP contribution < -0.4 is 4.90 Å². The molecule has 5 nitrogen and oxygen atoms in total. The van der Waals surface area contributed by atoms with E-state index in [0.717, 1.165) is 30.8 Å². The van der Waals surface area contributed by atoms with Gasteiger partial charge in [0.05, 0.1) is 24.1 Å². The van der Waals surface area contributed by atoms with Crippen molar-refractivity contribution in [2.45, 2.75) is 25.9 Å². The topological polar surface area (TPSA) is 51.7 Å². The number of amides is 1. The summed E-state index contributed by atoms with van der Waals surface area (Å²) in [5.74, 6) is -0.122. The maximum absolute atomic E-state index is 12.7. The molecule has 1 unspecified atom stereocenters. The summed E-state index contributed by atoms with van der Waals surface area (Å²) in [4.78, 5) is 18.7. The molecule has 0 spiro atoms. The quantitative estimate of drug-likeness (QED) is 0.814. The van der Waals surface area contributed by atoms with Crippen molar-refractivity contribution in [2.75, 3.05) is 24.7 Å². The molecule has 3 rings (SSSR count).